The molecule has 0 aliphatic carbocycles. The highest BCUT2D eigenvalue weighted by Gasteiger charge is 2.30. The Balaban J connectivity index is 1.54. The Bertz CT molecular complexity index is 524. The number of amides is 1. The number of piperidine rings is 2. The molecule has 1 aromatic rings. The quantitative estimate of drug-likeness (QED) is 0.920. The molecule has 0 aromatic carbocycles. The van der Waals surface area contributed by atoms with E-state index in [-0.39, 0.29) is 11.8 Å². The number of carbonyl (C=O) groups is 1. The number of rotatable bonds is 4. The Morgan fingerprint density at radius 1 is 1.39 bits per heavy atom. The lowest BCUT2D eigenvalue weighted by Gasteiger charge is -2.33. The van der Waals surface area contributed by atoms with Crippen molar-refractivity contribution < 1.29 is 9.32 Å². The molecule has 2 atom stereocenters. The molecular weight excluding hydrogens is 292 g/mol. The van der Waals surface area contributed by atoms with Crippen LogP contribution < -0.4 is 5.32 Å². The van der Waals surface area contributed by atoms with Gasteiger partial charge in [0.1, 0.15) is 0 Å². The Labute approximate surface area is 138 Å². The summed E-state index contributed by atoms with van der Waals surface area (Å²) in [6.07, 6.45) is 5.09. The van der Waals surface area contributed by atoms with E-state index in [2.05, 4.69) is 22.4 Å². The molecule has 3 heterocycles. The highest BCUT2D eigenvalue weighted by Crippen LogP contribution is 2.29. The van der Waals surface area contributed by atoms with Crippen molar-refractivity contribution in [2.24, 2.45) is 11.8 Å². The first-order valence-corrected chi connectivity index (χ1v) is 8.92. The average Bonchev–Trinajstić information content (AvgIpc) is 3.02. The van der Waals surface area contributed by atoms with Crippen molar-refractivity contribution >= 4 is 5.91 Å². The van der Waals surface area contributed by atoms with Gasteiger partial charge in [0.05, 0.1) is 5.92 Å². The van der Waals surface area contributed by atoms with E-state index in [0.29, 0.717) is 30.0 Å². The predicted octanol–water partition coefficient (Wildman–Crippen LogP) is 2.11. The van der Waals surface area contributed by atoms with Gasteiger partial charge in [-0.05, 0) is 57.5 Å². The van der Waals surface area contributed by atoms with Gasteiger partial charge in [-0.25, -0.2) is 0 Å². The molecular formula is C17H28N4O2. The van der Waals surface area contributed by atoms with E-state index in [9.17, 15) is 4.79 Å². The van der Waals surface area contributed by atoms with Crippen molar-refractivity contribution in [2.75, 3.05) is 26.2 Å². The highest BCUT2D eigenvalue weighted by molar-refractivity contribution is 5.76. The van der Waals surface area contributed by atoms with Gasteiger partial charge in [0.15, 0.2) is 5.82 Å². The first kappa shape index (κ1) is 16.4. The number of carbonyl (C=O) groups excluding carboxylic acids is 1. The molecule has 23 heavy (non-hydrogen) atoms. The first-order chi connectivity index (χ1) is 11.1. The van der Waals surface area contributed by atoms with Crippen molar-refractivity contribution in [2.45, 2.75) is 51.9 Å². The van der Waals surface area contributed by atoms with E-state index in [1.807, 2.05) is 11.8 Å². The smallest absolute Gasteiger partial charge is 0.231 e. The molecule has 1 N–H and O–H groups in total. The molecule has 2 aliphatic rings. The minimum absolute atomic E-state index is 0.197. The number of likely N-dealkylation sites (tertiary alicyclic amines) is 1. The predicted molar refractivity (Wildman–Crippen MR) is 87.0 cm³/mol. The normalized spacial score (nSPS) is 24.6. The van der Waals surface area contributed by atoms with Gasteiger partial charge in [0.2, 0.25) is 11.8 Å². The zero-order valence-corrected chi connectivity index (χ0v) is 14.3. The van der Waals surface area contributed by atoms with Crippen LogP contribution in [0.4, 0.5) is 0 Å². The van der Waals surface area contributed by atoms with Crippen LogP contribution in [0.3, 0.4) is 0 Å². The molecule has 128 valence electrons. The van der Waals surface area contributed by atoms with E-state index in [4.69, 9.17) is 4.52 Å². The molecule has 6 heteroatoms. The summed E-state index contributed by atoms with van der Waals surface area (Å²) < 4.78 is 5.30. The molecule has 2 saturated heterocycles. The van der Waals surface area contributed by atoms with Crippen molar-refractivity contribution in [3.63, 3.8) is 0 Å². The summed E-state index contributed by atoms with van der Waals surface area (Å²) in [6, 6.07) is 0. The van der Waals surface area contributed by atoms with Gasteiger partial charge in [-0.1, -0.05) is 12.1 Å². The maximum atomic E-state index is 12.7. The minimum Gasteiger partial charge on any atom is -0.342 e. The fourth-order valence-electron chi connectivity index (χ4n) is 3.87. The second kappa shape index (κ2) is 7.43. The summed E-state index contributed by atoms with van der Waals surface area (Å²) in [5.74, 6) is 2.99. The molecule has 0 radical (unpaired) electrons. The van der Waals surface area contributed by atoms with Crippen LogP contribution in [-0.2, 0) is 4.79 Å². The summed E-state index contributed by atoms with van der Waals surface area (Å²) in [4.78, 5) is 19.0. The number of nitrogens with zero attached hydrogens (tertiary/aromatic N) is 3. The van der Waals surface area contributed by atoms with Gasteiger partial charge in [0, 0.05) is 19.5 Å². The molecule has 2 fully saturated rings. The van der Waals surface area contributed by atoms with E-state index >= 15 is 0 Å². The Morgan fingerprint density at radius 2 is 2.17 bits per heavy atom. The highest BCUT2D eigenvalue weighted by atomic mass is 16.5. The zero-order valence-electron chi connectivity index (χ0n) is 14.3. The van der Waals surface area contributed by atoms with E-state index in [1.54, 1.807) is 0 Å². The zero-order chi connectivity index (χ0) is 16.2. The van der Waals surface area contributed by atoms with Gasteiger partial charge >= 0.3 is 0 Å². The van der Waals surface area contributed by atoms with Crippen molar-refractivity contribution in [1.29, 1.82) is 0 Å². The third-order valence-electron chi connectivity index (χ3n) is 5.35. The van der Waals surface area contributed by atoms with Crippen LogP contribution in [-0.4, -0.2) is 47.1 Å². The van der Waals surface area contributed by atoms with Crippen LogP contribution >= 0.6 is 0 Å². The molecule has 0 bridgehead atoms. The van der Waals surface area contributed by atoms with Gasteiger partial charge in [0.25, 0.3) is 0 Å². The SMILES string of the molecule is Cc1noc(C2CCCN(C(=O)CC(C)C3CCNCC3)C2)n1. The number of nitrogens with one attached hydrogen (secondary N) is 1. The second-order valence-corrected chi connectivity index (χ2v) is 7.13. The van der Waals surface area contributed by atoms with Crippen LogP contribution in [0, 0.1) is 18.8 Å². The standard InChI is InChI=1S/C17H28N4O2/c1-12(14-5-7-18-8-6-14)10-16(22)21-9-3-4-15(11-21)17-19-13(2)20-23-17/h12,14-15,18H,3-11H2,1-2H3. The van der Waals surface area contributed by atoms with Gasteiger partial charge in [-0.2, -0.15) is 4.98 Å². The molecule has 2 aliphatic heterocycles. The first-order valence-electron chi connectivity index (χ1n) is 8.92. The van der Waals surface area contributed by atoms with E-state index in [0.717, 1.165) is 39.0 Å². The maximum Gasteiger partial charge on any atom is 0.231 e. The largest absolute Gasteiger partial charge is 0.342 e. The number of hydrogen-bond acceptors (Lipinski definition) is 5. The molecule has 1 aromatic heterocycles. The third kappa shape index (κ3) is 4.10. The molecule has 0 spiro atoms. The lowest BCUT2D eigenvalue weighted by atomic mass is 9.83. The lowest BCUT2D eigenvalue weighted by molar-refractivity contribution is -0.133. The monoisotopic (exact) mass is 320 g/mol. The van der Waals surface area contributed by atoms with Crippen LogP contribution in [0.15, 0.2) is 4.52 Å². The number of hydrogen-bond donors (Lipinski definition) is 1. The van der Waals surface area contributed by atoms with Crippen LogP contribution in [0.2, 0.25) is 0 Å². The van der Waals surface area contributed by atoms with Gasteiger partial charge in [-0.3, -0.25) is 4.79 Å². The van der Waals surface area contributed by atoms with Crippen LogP contribution in [0.25, 0.3) is 0 Å². The average molecular weight is 320 g/mol. The Morgan fingerprint density at radius 3 is 2.87 bits per heavy atom. The Hall–Kier alpha value is -1.43. The maximum absolute atomic E-state index is 12.7. The van der Waals surface area contributed by atoms with Crippen LogP contribution in [0.1, 0.15) is 56.7 Å². The lowest BCUT2D eigenvalue weighted by Crippen LogP contribution is -2.41. The van der Waals surface area contributed by atoms with E-state index in [1.165, 1.54) is 12.8 Å². The molecule has 1 amide bonds. The Kier molecular flexibility index (Phi) is 5.30. The van der Waals surface area contributed by atoms with Crippen LogP contribution in [0.5, 0.6) is 0 Å². The van der Waals surface area contributed by atoms with Crippen molar-refractivity contribution in [3.8, 4) is 0 Å². The summed E-state index contributed by atoms with van der Waals surface area (Å²) >= 11 is 0. The molecule has 3 rings (SSSR count). The summed E-state index contributed by atoms with van der Waals surface area (Å²) in [7, 11) is 0. The number of aromatic nitrogens is 2. The topological polar surface area (TPSA) is 71.3 Å². The van der Waals surface area contributed by atoms with Gasteiger partial charge in [-0.15, -0.1) is 0 Å². The second-order valence-electron chi connectivity index (χ2n) is 7.13. The third-order valence-corrected chi connectivity index (χ3v) is 5.35. The fourth-order valence-corrected chi connectivity index (χ4v) is 3.87. The summed E-state index contributed by atoms with van der Waals surface area (Å²) in [5.41, 5.74) is 0. The summed E-state index contributed by atoms with van der Waals surface area (Å²) in [6.45, 7) is 7.83. The summed E-state index contributed by atoms with van der Waals surface area (Å²) in [5, 5.41) is 7.27. The molecule has 2 unspecified atom stereocenters. The van der Waals surface area contributed by atoms with Crippen molar-refractivity contribution in [1.82, 2.24) is 20.4 Å². The van der Waals surface area contributed by atoms with E-state index < -0.39 is 0 Å². The molecule has 0 saturated carbocycles. The van der Waals surface area contributed by atoms with Gasteiger partial charge < -0.3 is 14.7 Å². The number of aryl methyl sites for hydroxylation is 1. The molecule has 6 nitrogen and oxygen atoms in total. The fraction of sp³-hybridized carbons (Fsp3) is 0.824. The van der Waals surface area contributed by atoms with Crippen molar-refractivity contribution in [3.05, 3.63) is 11.7 Å². The minimum atomic E-state index is 0.197.